The van der Waals surface area contributed by atoms with Crippen LogP contribution in [0.25, 0.3) is 0 Å². The molecule has 1 atom stereocenters. The fourth-order valence-electron chi connectivity index (χ4n) is 1.96. The molecule has 0 radical (unpaired) electrons. The predicted molar refractivity (Wildman–Crippen MR) is 91.7 cm³/mol. The van der Waals surface area contributed by atoms with E-state index >= 15 is 0 Å². The van der Waals surface area contributed by atoms with Crippen LogP contribution in [0.2, 0.25) is 0 Å². The Morgan fingerprint density at radius 1 is 1.12 bits per heavy atom. The molecule has 0 aromatic heterocycles. The van der Waals surface area contributed by atoms with Crippen LogP contribution in [0.3, 0.4) is 0 Å². The molecule has 6 heteroatoms. The van der Waals surface area contributed by atoms with E-state index in [9.17, 15) is 14.4 Å². The summed E-state index contributed by atoms with van der Waals surface area (Å²) in [7, 11) is 0. The van der Waals surface area contributed by atoms with Crippen molar-refractivity contribution in [3.63, 3.8) is 0 Å². The summed E-state index contributed by atoms with van der Waals surface area (Å²) in [5, 5.41) is 14.4. The van der Waals surface area contributed by atoms with Crippen molar-refractivity contribution in [2.75, 3.05) is 6.54 Å². The van der Waals surface area contributed by atoms with Crippen LogP contribution in [0.4, 0.5) is 0 Å². The lowest BCUT2D eigenvalue weighted by atomic mass is 9.93. The maximum atomic E-state index is 12.4. The maximum absolute atomic E-state index is 12.4. The summed E-state index contributed by atoms with van der Waals surface area (Å²) in [5.74, 6) is -1.85. The van der Waals surface area contributed by atoms with E-state index in [-0.39, 0.29) is 24.3 Å². The first-order chi connectivity index (χ1) is 11.0. The molecule has 1 unspecified atom stereocenters. The van der Waals surface area contributed by atoms with Gasteiger partial charge in [0.15, 0.2) is 0 Å². The topological polar surface area (TPSA) is 95.5 Å². The van der Waals surface area contributed by atoms with Gasteiger partial charge >= 0.3 is 5.97 Å². The average molecular weight is 334 g/mol. The molecule has 0 aliphatic rings. The number of carboxylic acid groups (broad SMARTS) is 1. The van der Waals surface area contributed by atoms with E-state index in [0.29, 0.717) is 5.56 Å². The number of carboxylic acids is 1. The largest absolute Gasteiger partial charge is 0.481 e. The lowest BCUT2D eigenvalue weighted by molar-refractivity contribution is -0.146. The highest BCUT2D eigenvalue weighted by Gasteiger charge is 2.30. The molecule has 0 bridgehead atoms. The molecule has 0 fully saturated rings. The van der Waals surface area contributed by atoms with Gasteiger partial charge in [-0.25, -0.2) is 0 Å². The molecule has 0 spiro atoms. The molecular weight excluding hydrogens is 308 g/mol. The summed E-state index contributed by atoms with van der Waals surface area (Å²) in [6.07, 6.45) is 0. The van der Waals surface area contributed by atoms with Gasteiger partial charge in [0.2, 0.25) is 5.91 Å². The lowest BCUT2D eigenvalue weighted by Crippen LogP contribution is -2.52. The molecule has 0 saturated heterocycles. The normalized spacial score (nSPS) is 12.6. The second kappa shape index (κ2) is 7.95. The van der Waals surface area contributed by atoms with Crippen LogP contribution in [-0.2, 0) is 9.59 Å². The predicted octanol–water partition coefficient (Wildman–Crippen LogP) is 1.98. The standard InChI is InChI=1S/C18H26N2O4/c1-11(2)14(16(22)19-10-18(4,5)17(23)24)20-15(21)13-8-6-12(3)7-9-13/h6-9,11,14H,10H2,1-5H3,(H,19,22)(H,20,21)(H,23,24). The zero-order valence-corrected chi connectivity index (χ0v) is 14.8. The number of nitrogens with one attached hydrogen (secondary N) is 2. The van der Waals surface area contributed by atoms with E-state index in [1.54, 1.807) is 12.1 Å². The van der Waals surface area contributed by atoms with Crippen molar-refractivity contribution in [3.05, 3.63) is 35.4 Å². The monoisotopic (exact) mass is 334 g/mol. The van der Waals surface area contributed by atoms with E-state index in [0.717, 1.165) is 5.56 Å². The molecule has 1 aromatic carbocycles. The second-order valence-corrected chi connectivity index (χ2v) is 6.97. The molecule has 3 N–H and O–H groups in total. The molecule has 24 heavy (non-hydrogen) atoms. The van der Waals surface area contributed by atoms with Crippen molar-refractivity contribution < 1.29 is 19.5 Å². The van der Waals surface area contributed by atoms with Crippen molar-refractivity contribution in [2.24, 2.45) is 11.3 Å². The minimum atomic E-state index is -1.07. The first-order valence-electron chi connectivity index (χ1n) is 7.93. The number of carbonyl (C=O) groups excluding carboxylic acids is 2. The van der Waals surface area contributed by atoms with E-state index in [1.165, 1.54) is 13.8 Å². The number of hydrogen-bond donors (Lipinski definition) is 3. The third-order valence-electron chi connectivity index (χ3n) is 3.83. The summed E-state index contributed by atoms with van der Waals surface area (Å²) in [6, 6.07) is 6.33. The van der Waals surface area contributed by atoms with Gasteiger partial charge in [0, 0.05) is 12.1 Å². The Balaban J connectivity index is 2.76. The average Bonchev–Trinajstić information content (AvgIpc) is 2.50. The van der Waals surface area contributed by atoms with Gasteiger partial charge in [0.05, 0.1) is 5.41 Å². The van der Waals surface area contributed by atoms with Gasteiger partial charge in [-0.1, -0.05) is 31.5 Å². The fraction of sp³-hybridized carbons (Fsp3) is 0.500. The Labute approximate surface area is 142 Å². The quantitative estimate of drug-likeness (QED) is 0.710. The van der Waals surface area contributed by atoms with Gasteiger partial charge in [-0.3, -0.25) is 14.4 Å². The number of hydrogen-bond acceptors (Lipinski definition) is 3. The number of rotatable bonds is 7. The first kappa shape index (κ1) is 19.7. The zero-order valence-electron chi connectivity index (χ0n) is 14.8. The summed E-state index contributed by atoms with van der Waals surface area (Å²) in [6.45, 7) is 8.63. The smallest absolute Gasteiger partial charge is 0.310 e. The van der Waals surface area contributed by atoms with Crippen molar-refractivity contribution >= 4 is 17.8 Å². The number of aryl methyl sites for hydroxylation is 1. The molecule has 0 heterocycles. The van der Waals surface area contributed by atoms with Gasteiger partial charge in [-0.2, -0.15) is 0 Å². The van der Waals surface area contributed by atoms with Gasteiger partial charge < -0.3 is 15.7 Å². The Morgan fingerprint density at radius 2 is 1.67 bits per heavy atom. The van der Waals surface area contributed by atoms with Crippen LogP contribution in [0.5, 0.6) is 0 Å². The van der Waals surface area contributed by atoms with E-state index in [4.69, 9.17) is 5.11 Å². The third kappa shape index (κ3) is 5.37. The van der Waals surface area contributed by atoms with Gasteiger partial charge in [-0.15, -0.1) is 0 Å². The molecule has 132 valence electrons. The highest BCUT2D eigenvalue weighted by molar-refractivity contribution is 5.97. The van der Waals surface area contributed by atoms with E-state index in [2.05, 4.69) is 10.6 Å². The minimum Gasteiger partial charge on any atom is -0.481 e. The van der Waals surface area contributed by atoms with Crippen molar-refractivity contribution in [1.82, 2.24) is 10.6 Å². The molecule has 0 aliphatic carbocycles. The Hall–Kier alpha value is -2.37. The zero-order chi connectivity index (χ0) is 18.5. The van der Waals surface area contributed by atoms with Crippen LogP contribution in [0, 0.1) is 18.3 Å². The molecule has 1 aromatic rings. The van der Waals surface area contributed by atoms with Gasteiger partial charge in [0.1, 0.15) is 6.04 Å². The van der Waals surface area contributed by atoms with Crippen LogP contribution < -0.4 is 10.6 Å². The molecule has 1 rings (SSSR count). The first-order valence-corrected chi connectivity index (χ1v) is 7.93. The maximum Gasteiger partial charge on any atom is 0.310 e. The lowest BCUT2D eigenvalue weighted by Gasteiger charge is -2.25. The van der Waals surface area contributed by atoms with Crippen molar-refractivity contribution in [1.29, 1.82) is 0 Å². The molecule has 0 saturated carbocycles. The van der Waals surface area contributed by atoms with Crippen LogP contribution >= 0.6 is 0 Å². The van der Waals surface area contributed by atoms with Gasteiger partial charge in [0.25, 0.3) is 5.91 Å². The van der Waals surface area contributed by atoms with E-state index < -0.39 is 17.4 Å². The van der Waals surface area contributed by atoms with Crippen LogP contribution in [-0.4, -0.2) is 35.5 Å². The Morgan fingerprint density at radius 3 is 2.12 bits per heavy atom. The number of aliphatic carboxylic acids is 1. The summed E-state index contributed by atoms with van der Waals surface area (Å²) < 4.78 is 0. The van der Waals surface area contributed by atoms with Crippen LogP contribution in [0.15, 0.2) is 24.3 Å². The molecule has 6 nitrogen and oxygen atoms in total. The Bertz CT molecular complexity index is 606. The number of carbonyl (C=O) groups is 3. The minimum absolute atomic E-state index is 0.00914. The molecule has 2 amide bonds. The highest BCUT2D eigenvalue weighted by Crippen LogP contribution is 2.14. The van der Waals surface area contributed by atoms with Gasteiger partial charge in [-0.05, 0) is 38.8 Å². The third-order valence-corrected chi connectivity index (χ3v) is 3.83. The van der Waals surface area contributed by atoms with Crippen molar-refractivity contribution in [2.45, 2.75) is 40.7 Å². The van der Waals surface area contributed by atoms with Crippen LogP contribution in [0.1, 0.15) is 43.6 Å². The Kier molecular flexibility index (Phi) is 6.51. The van der Waals surface area contributed by atoms with E-state index in [1.807, 2.05) is 32.9 Å². The number of amides is 2. The second-order valence-electron chi connectivity index (χ2n) is 6.97. The highest BCUT2D eigenvalue weighted by atomic mass is 16.4. The SMILES string of the molecule is Cc1ccc(C(=O)NC(C(=O)NCC(C)(C)C(=O)O)C(C)C)cc1. The molecule has 0 aliphatic heterocycles. The fourth-order valence-corrected chi connectivity index (χ4v) is 1.96. The summed E-state index contributed by atoms with van der Waals surface area (Å²) in [5.41, 5.74) is 0.448. The summed E-state index contributed by atoms with van der Waals surface area (Å²) in [4.78, 5) is 35.8. The molecular formula is C18H26N2O4. The summed E-state index contributed by atoms with van der Waals surface area (Å²) >= 11 is 0. The number of benzene rings is 1. The van der Waals surface area contributed by atoms with Crippen molar-refractivity contribution in [3.8, 4) is 0 Å².